The van der Waals surface area contributed by atoms with Gasteiger partial charge >= 0.3 is 0 Å². The van der Waals surface area contributed by atoms with Crippen molar-refractivity contribution in [3.8, 4) is 11.8 Å². The molecule has 1 heterocycles. The molecule has 104 valence electrons. The molecule has 0 spiro atoms. The number of amides is 2. The van der Waals surface area contributed by atoms with E-state index in [1.54, 1.807) is 26.0 Å². The zero-order valence-electron chi connectivity index (χ0n) is 11.9. The summed E-state index contributed by atoms with van der Waals surface area (Å²) in [6, 6.07) is 5.45. The van der Waals surface area contributed by atoms with Gasteiger partial charge < -0.3 is 5.73 Å². The summed E-state index contributed by atoms with van der Waals surface area (Å²) in [5.74, 6) is 4.93. The van der Waals surface area contributed by atoms with Crippen LogP contribution in [0.3, 0.4) is 0 Å². The molecule has 0 bridgehead atoms. The van der Waals surface area contributed by atoms with Crippen molar-refractivity contribution >= 4 is 17.5 Å². The summed E-state index contributed by atoms with van der Waals surface area (Å²) >= 11 is 0. The van der Waals surface area contributed by atoms with Gasteiger partial charge in [0.1, 0.15) is 0 Å². The molecule has 4 nitrogen and oxygen atoms in total. The number of nitrogens with two attached hydrogens (primary N) is 1. The van der Waals surface area contributed by atoms with Crippen molar-refractivity contribution < 1.29 is 9.59 Å². The first kappa shape index (κ1) is 14.3. The van der Waals surface area contributed by atoms with Gasteiger partial charge in [-0.1, -0.05) is 25.7 Å². The highest BCUT2D eigenvalue weighted by molar-refractivity contribution is 6.22. The third kappa shape index (κ3) is 2.33. The number of anilines is 1. The van der Waals surface area contributed by atoms with E-state index in [1.165, 1.54) is 4.90 Å². The molecule has 1 saturated heterocycles. The van der Waals surface area contributed by atoms with E-state index in [1.807, 2.05) is 13.0 Å². The Balaban J connectivity index is 2.39. The molecule has 1 aliphatic rings. The maximum atomic E-state index is 12.2. The summed E-state index contributed by atoms with van der Waals surface area (Å²) in [5, 5.41) is 0. The second-order valence-electron chi connectivity index (χ2n) is 5.10. The standard InChI is InChI=1S/C16H18N2O2/c1-10-9-13(5-4-8-17)6-7-14(10)18-15(19)11(2)12(3)16(18)20/h6-7,9,11-12H,8,17H2,1-3H3. The van der Waals surface area contributed by atoms with Crippen molar-refractivity contribution in [1.82, 2.24) is 0 Å². The van der Waals surface area contributed by atoms with E-state index in [-0.39, 0.29) is 23.7 Å². The van der Waals surface area contributed by atoms with Crippen molar-refractivity contribution in [3.63, 3.8) is 0 Å². The molecule has 0 aliphatic carbocycles. The van der Waals surface area contributed by atoms with E-state index >= 15 is 0 Å². The van der Waals surface area contributed by atoms with Gasteiger partial charge in [-0.05, 0) is 30.7 Å². The summed E-state index contributed by atoms with van der Waals surface area (Å²) < 4.78 is 0. The predicted molar refractivity (Wildman–Crippen MR) is 77.9 cm³/mol. The zero-order chi connectivity index (χ0) is 14.9. The molecule has 2 amide bonds. The highest BCUT2D eigenvalue weighted by Crippen LogP contribution is 2.32. The maximum absolute atomic E-state index is 12.2. The van der Waals surface area contributed by atoms with Crippen molar-refractivity contribution in [2.45, 2.75) is 20.8 Å². The van der Waals surface area contributed by atoms with Crippen LogP contribution in [-0.2, 0) is 9.59 Å². The van der Waals surface area contributed by atoms with Crippen LogP contribution in [0.4, 0.5) is 5.69 Å². The number of rotatable bonds is 1. The highest BCUT2D eigenvalue weighted by atomic mass is 16.2. The second kappa shape index (κ2) is 5.48. The van der Waals surface area contributed by atoms with Gasteiger partial charge in [0.2, 0.25) is 11.8 Å². The highest BCUT2D eigenvalue weighted by Gasteiger charge is 2.43. The monoisotopic (exact) mass is 270 g/mol. The van der Waals surface area contributed by atoms with Gasteiger partial charge in [0.05, 0.1) is 12.2 Å². The van der Waals surface area contributed by atoms with Gasteiger partial charge in [-0.25, -0.2) is 4.90 Å². The molecular formula is C16H18N2O2. The molecule has 1 aliphatic heterocycles. The van der Waals surface area contributed by atoms with Gasteiger partial charge in [0, 0.05) is 17.4 Å². The lowest BCUT2D eigenvalue weighted by Crippen LogP contribution is -2.31. The summed E-state index contributed by atoms with van der Waals surface area (Å²) in [7, 11) is 0. The van der Waals surface area contributed by atoms with Crippen LogP contribution in [0.1, 0.15) is 25.0 Å². The maximum Gasteiger partial charge on any atom is 0.237 e. The lowest BCUT2D eigenvalue weighted by Gasteiger charge is -2.17. The Morgan fingerprint density at radius 1 is 1.20 bits per heavy atom. The van der Waals surface area contributed by atoms with Crippen LogP contribution in [0.15, 0.2) is 18.2 Å². The van der Waals surface area contributed by atoms with Crippen LogP contribution in [0.25, 0.3) is 0 Å². The number of benzene rings is 1. The molecule has 0 aromatic heterocycles. The lowest BCUT2D eigenvalue weighted by molar-refractivity contribution is -0.122. The number of imide groups is 1. The molecule has 1 aromatic carbocycles. The number of carbonyl (C=O) groups excluding carboxylic acids is 2. The first-order chi connectivity index (χ1) is 9.47. The number of hydrogen-bond donors (Lipinski definition) is 1. The Morgan fingerprint density at radius 3 is 2.30 bits per heavy atom. The van der Waals surface area contributed by atoms with E-state index in [9.17, 15) is 9.59 Å². The van der Waals surface area contributed by atoms with Crippen LogP contribution in [0.5, 0.6) is 0 Å². The Bertz CT molecular complexity index is 605. The Hall–Kier alpha value is -2.12. The molecule has 1 aromatic rings. The normalized spacial score (nSPS) is 21.9. The molecule has 2 N–H and O–H groups in total. The molecule has 2 atom stereocenters. The van der Waals surface area contributed by atoms with Crippen molar-refractivity contribution in [1.29, 1.82) is 0 Å². The number of aryl methyl sites for hydroxylation is 1. The Morgan fingerprint density at radius 2 is 1.80 bits per heavy atom. The van der Waals surface area contributed by atoms with Gasteiger partial charge in [0.25, 0.3) is 0 Å². The number of nitrogens with zero attached hydrogens (tertiary/aromatic N) is 1. The van der Waals surface area contributed by atoms with E-state index in [0.717, 1.165) is 11.1 Å². The van der Waals surface area contributed by atoms with Gasteiger partial charge in [-0.2, -0.15) is 0 Å². The minimum Gasteiger partial charge on any atom is -0.320 e. The summed E-state index contributed by atoms with van der Waals surface area (Å²) in [6.45, 7) is 5.76. The fourth-order valence-corrected chi connectivity index (χ4v) is 2.32. The fourth-order valence-electron chi connectivity index (χ4n) is 2.32. The zero-order valence-corrected chi connectivity index (χ0v) is 11.9. The summed E-state index contributed by atoms with van der Waals surface area (Å²) in [4.78, 5) is 25.7. The Kier molecular flexibility index (Phi) is 3.91. The molecule has 0 radical (unpaired) electrons. The van der Waals surface area contributed by atoms with Crippen LogP contribution < -0.4 is 10.6 Å². The van der Waals surface area contributed by atoms with Crippen LogP contribution in [-0.4, -0.2) is 18.4 Å². The molecule has 0 saturated carbocycles. The van der Waals surface area contributed by atoms with Gasteiger partial charge in [-0.3, -0.25) is 9.59 Å². The third-order valence-electron chi connectivity index (χ3n) is 3.74. The molecule has 1 fully saturated rings. The number of carbonyl (C=O) groups is 2. The largest absolute Gasteiger partial charge is 0.320 e. The molecule has 2 unspecified atom stereocenters. The van der Waals surface area contributed by atoms with Crippen LogP contribution in [0.2, 0.25) is 0 Å². The minimum atomic E-state index is -0.265. The lowest BCUT2D eigenvalue weighted by atomic mass is 10.00. The van der Waals surface area contributed by atoms with Crippen molar-refractivity contribution in [3.05, 3.63) is 29.3 Å². The number of hydrogen-bond acceptors (Lipinski definition) is 3. The SMILES string of the molecule is Cc1cc(C#CCN)ccc1N1C(=O)C(C)C(C)C1=O. The van der Waals surface area contributed by atoms with E-state index in [0.29, 0.717) is 12.2 Å². The first-order valence-corrected chi connectivity index (χ1v) is 6.64. The average molecular weight is 270 g/mol. The smallest absolute Gasteiger partial charge is 0.237 e. The van der Waals surface area contributed by atoms with Gasteiger partial charge in [0.15, 0.2) is 0 Å². The van der Waals surface area contributed by atoms with E-state index < -0.39 is 0 Å². The summed E-state index contributed by atoms with van der Waals surface area (Å²) in [6.07, 6.45) is 0. The van der Waals surface area contributed by atoms with E-state index in [4.69, 9.17) is 5.73 Å². The molecule has 20 heavy (non-hydrogen) atoms. The molecule has 2 rings (SSSR count). The molecule has 4 heteroatoms. The van der Waals surface area contributed by atoms with Crippen molar-refractivity contribution in [2.75, 3.05) is 11.4 Å². The Labute approximate surface area is 118 Å². The van der Waals surface area contributed by atoms with Gasteiger partial charge in [-0.15, -0.1) is 0 Å². The summed E-state index contributed by atoms with van der Waals surface area (Å²) in [5.41, 5.74) is 7.68. The van der Waals surface area contributed by atoms with Crippen LogP contribution >= 0.6 is 0 Å². The van der Waals surface area contributed by atoms with Crippen LogP contribution in [0, 0.1) is 30.6 Å². The second-order valence-corrected chi connectivity index (χ2v) is 5.10. The molecular weight excluding hydrogens is 252 g/mol. The van der Waals surface area contributed by atoms with E-state index in [2.05, 4.69) is 11.8 Å². The quantitative estimate of drug-likeness (QED) is 0.620. The fraction of sp³-hybridized carbons (Fsp3) is 0.375. The minimum absolute atomic E-state index is 0.133. The average Bonchev–Trinajstić information content (AvgIpc) is 2.62. The van der Waals surface area contributed by atoms with Crippen molar-refractivity contribution in [2.24, 2.45) is 17.6 Å². The topological polar surface area (TPSA) is 63.4 Å². The predicted octanol–water partition coefficient (Wildman–Crippen LogP) is 1.45. The first-order valence-electron chi connectivity index (χ1n) is 6.64. The third-order valence-corrected chi connectivity index (χ3v) is 3.74.